The third-order valence-electron chi connectivity index (χ3n) is 4.30. The van der Waals surface area contributed by atoms with E-state index in [1.807, 2.05) is 17.8 Å². The number of nitrogens with one attached hydrogen (secondary N) is 2. The van der Waals surface area contributed by atoms with Crippen molar-refractivity contribution in [2.24, 2.45) is 12.8 Å². The highest BCUT2D eigenvalue weighted by atomic mass is 16.5. The molecule has 4 N–H and O–H groups in total. The molecular weight excluding hydrogens is 270 g/mol. The quantitative estimate of drug-likeness (QED) is 0.750. The lowest BCUT2D eigenvalue weighted by Crippen LogP contribution is -2.48. The van der Waals surface area contributed by atoms with E-state index in [1.54, 1.807) is 6.20 Å². The second kappa shape index (κ2) is 5.65. The molecule has 0 spiro atoms. The van der Waals surface area contributed by atoms with Gasteiger partial charge >= 0.3 is 6.03 Å². The van der Waals surface area contributed by atoms with E-state index in [-0.39, 0.29) is 23.7 Å². The average Bonchev–Trinajstić information content (AvgIpc) is 3.04. The molecule has 2 fully saturated rings. The number of hydrogen-bond acceptors (Lipinski definition) is 4. The Labute approximate surface area is 124 Å². The molecule has 2 unspecified atom stereocenters. The summed E-state index contributed by atoms with van der Waals surface area (Å²) in [5.41, 5.74) is 6.84. The SMILES string of the molecule is Cn1nccc1C1CC(NC(=O)NCC2(N)CC2)CCO1. The second-order valence-corrected chi connectivity index (χ2v) is 6.15. The molecule has 1 aliphatic heterocycles. The van der Waals surface area contributed by atoms with Gasteiger partial charge in [0.05, 0.1) is 5.69 Å². The molecule has 7 heteroatoms. The predicted molar refractivity (Wildman–Crippen MR) is 77.6 cm³/mol. The Morgan fingerprint density at radius 3 is 3.10 bits per heavy atom. The Hall–Kier alpha value is -1.60. The fourth-order valence-electron chi connectivity index (χ4n) is 2.66. The lowest BCUT2D eigenvalue weighted by molar-refractivity contribution is -0.00231. The second-order valence-electron chi connectivity index (χ2n) is 6.15. The van der Waals surface area contributed by atoms with Gasteiger partial charge in [0.15, 0.2) is 0 Å². The minimum atomic E-state index is -0.162. The van der Waals surface area contributed by atoms with E-state index >= 15 is 0 Å². The maximum Gasteiger partial charge on any atom is 0.315 e. The van der Waals surface area contributed by atoms with Crippen molar-refractivity contribution in [1.29, 1.82) is 0 Å². The van der Waals surface area contributed by atoms with Crippen LogP contribution in [-0.2, 0) is 11.8 Å². The van der Waals surface area contributed by atoms with Crippen molar-refractivity contribution in [2.45, 2.75) is 43.4 Å². The van der Waals surface area contributed by atoms with Crippen molar-refractivity contribution in [3.8, 4) is 0 Å². The van der Waals surface area contributed by atoms with Crippen molar-refractivity contribution in [1.82, 2.24) is 20.4 Å². The minimum Gasteiger partial charge on any atom is -0.372 e. The zero-order chi connectivity index (χ0) is 14.9. The Morgan fingerprint density at radius 2 is 2.43 bits per heavy atom. The van der Waals surface area contributed by atoms with Crippen LogP contribution in [0.1, 0.15) is 37.5 Å². The highest BCUT2D eigenvalue weighted by molar-refractivity contribution is 5.74. The third-order valence-corrected chi connectivity index (χ3v) is 4.30. The number of aromatic nitrogens is 2. The summed E-state index contributed by atoms with van der Waals surface area (Å²) in [5.74, 6) is 0. The van der Waals surface area contributed by atoms with E-state index in [0.717, 1.165) is 31.4 Å². The van der Waals surface area contributed by atoms with Gasteiger partial charge in [-0.2, -0.15) is 5.10 Å². The largest absolute Gasteiger partial charge is 0.372 e. The molecule has 1 aromatic heterocycles. The summed E-state index contributed by atoms with van der Waals surface area (Å²) in [7, 11) is 1.90. The summed E-state index contributed by atoms with van der Waals surface area (Å²) in [6.45, 7) is 1.19. The molecule has 1 aliphatic carbocycles. The molecule has 3 rings (SSSR count). The van der Waals surface area contributed by atoms with Crippen LogP contribution < -0.4 is 16.4 Å². The van der Waals surface area contributed by atoms with Crippen molar-refractivity contribution >= 4 is 6.03 Å². The van der Waals surface area contributed by atoms with E-state index in [9.17, 15) is 4.79 Å². The Bertz CT molecular complexity index is 511. The first-order chi connectivity index (χ1) is 10.1. The van der Waals surface area contributed by atoms with Gasteiger partial charge in [0.2, 0.25) is 0 Å². The first-order valence-corrected chi connectivity index (χ1v) is 7.48. The summed E-state index contributed by atoms with van der Waals surface area (Å²) in [6.07, 6.45) is 5.33. The molecule has 2 aliphatic rings. The third kappa shape index (κ3) is 3.54. The summed E-state index contributed by atoms with van der Waals surface area (Å²) in [5, 5.41) is 10.0. The predicted octanol–water partition coefficient (Wildman–Crippen LogP) is 0.431. The van der Waals surface area contributed by atoms with Gasteiger partial charge in [0.1, 0.15) is 6.10 Å². The lowest BCUT2D eigenvalue weighted by atomic mass is 10.0. The molecule has 116 valence electrons. The smallest absolute Gasteiger partial charge is 0.315 e. The van der Waals surface area contributed by atoms with E-state index in [1.165, 1.54) is 0 Å². The molecule has 21 heavy (non-hydrogen) atoms. The zero-order valence-electron chi connectivity index (χ0n) is 12.3. The normalized spacial score (nSPS) is 27.1. The summed E-state index contributed by atoms with van der Waals surface area (Å²) in [6, 6.07) is 1.94. The zero-order valence-corrected chi connectivity index (χ0v) is 12.3. The standard InChI is InChI=1S/C14H23N5O2/c1-19-11(2-6-17-19)12-8-10(3-7-21-12)18-13(20)16-9-14(15)4-5-14/h2,6,10,12H,3-5,7-9,15H2,1H3,(H2,16,18,20). The van der Waals surface area contributed by atoms with Crippen molar-refractivity contribution < 1.29 is 9.53 Å². The minimum absolute atomic E-state index is 0.0131. The molecular formula is C14H23N5O2. The monoisotopic (exact) mass is 293 g/mol. The number of amides is 2. The van der Waals surface area contributed by atoms with Crippen LogP contribution in [0.3, 0.4) is 0 Å². The number of urea groups is 1. The van der Waals surface area contributed by atoms with Crippen LogP contribution in [0.4, 0.5) is 4.79 Å². The van der Waals surface area contributed by atoms with E-state index in [4.69, 9.17) is 10.5 Å². The first kappa shape index (κ1) is 14.3. The maximum atomic E-state index is 11.9. The van der Waals surface area contributed by atoms with Gasteiger partial charge in [0.25, 0.3) is 0 Å². The van der Waals surface area contributed by atoms with Gasteiger partial charge in [-0.15, -0.1) is 0 Å². The summed E-state index contributed by atoms with van der Waals surface area (Å²) in [4.78, 5) is 11.9. The van der Waals surface area contributed by atoms with Crippen LogP contribution in [0, 0.1) is 0 Å². The van der Waals surface area contributed by atoms with Crippen LogP contribution in [0.25, 0.3) is 0 Å². The molecule has 0 radical (unpaired) electrons. The molecule has 1 saturated heterocycles. The molecule has 0 aromatic carbocycles. The van der Waals surface area contributed by atoms with Gasteiger partial charge in [-0.3, -0.25) is 4.68 Å². The molecule has 2 heterocycles. The lowest BCUT2D eigenvalue weighted by Gasteiger charge is -2.30. The first-order valence-electron chi connectivity index (χ1n) is 7.48. The van der Waals surface area contributed by atoms with Crippen molar-refractivity contribution in [2.75, 3.05) is 13.2 Å². The molecule has 0 bridgehead atoms. The van der Waals surface area contributed by atoms with Crippen LogP contribution in [0.2, 0.25) is 0 Å². The van der Waals surface area contributed by atoms with Crippen LogP contribution in [0.5, 0.6) is 0 Å². The van der Waals surface area contributed by atoms with Crippen LogP contribution in [-0.4, -0.2) is 40.5 Å². The van der Waals surface area contributed by atoms with Gasteiger partial charge in [-0.25, -0.2) is 4.79 Å². The van der Waals surface area contributed by atoms with Gasteiger partial charge in [-0.05, 0) is 31.7 Å². The van der Waals surface area contributed by atoms with E-state index in [0.29, 0.717) is 13.2 Å². The van der Waals surface area contributed by atoms with Gasteiger partial charge in [0, 0.05) is 38.0 Å². The van der Waals surface area contributed by atoms with Gasteiger partial charge < -0.3 is 21.1 Å². The fourth-order valence-corrected chi connectivity index (χ4v) is 2.66. The maximum absolute atomic E-state index is 11.9. The van der Waals surface area contributed by atoms with Crippen molar-refractivity contribution in [3.63, 3.8) is 0 Å². The Morgan fingerprint density at radius 1 is 1.62 bits per heavy atom. The van der Waals surface area contributed by atoms with Crippen LogP contribution >= 0.6 is 0 Å². The molecule has 1 saturated carbocycles. The molecule has 1 aromatic rings. The molecule has 7 nitrogen and oxygen atoms in total. The topological polar surface area (TPSA) is 94.2 Å². The highest BCUT2D eigenvalue weighted by Gasteiger charge is 2.38. The number of carbonyl (C=O) groups excluding carboxylic acids is 1. The number of nitrogens with two attached hydrogens (primary N) is 1. The molecule has 2 amide bonds. The summed E-state index contributed by atoms with van der Waals surface area (Å²) >= 11 is 0. The van der Waals surface area contributed by atoms with Gasteiger partial charge in [-0.1, -0.05) is 0 Å². The Balaban J connectivity index is 1.49. The number of nitrogens with zero attached hydrogens (tertiary/aromatic N) is 2. The number of carbonyl (C=O) groups is 1. The number of hydrogen-bond donors (Lipinski definition) is 3. The average molecular weight is 293 g/mol. The van der Waals surface area contributed by atoms with E-state index in [2.05, 4.69) is 15.7 Å². The number of aryl methyl sites for hydroxylation is 1. The number of rotatable bonds is 4. The molecule has 2 atom stereocenters. The fraction of sp³-hybridized carbons (Fsp3) is 0.714. The highest BCUT2D eigenvalue weighted by Crippen LogP contribution is 2.31. The van der Waals surface area contributed by atoms with Crippen LogP contribution in [0.15, 0.2) is 12.3 Å². The van der Waals surface area contributed by atoms with Crippen molar-refractivity contribution in [3.05, 3.63) is 18.0 Å². The Kier molecular flexibility index (Phi) is 3.86. The van der Waals surface area contributed by atoms with E-state index < -0.39 is 0 Å². The summed E-state index contributed by atoms with van der Waals surface area (Å²) < 4.78 is 7.60. The number of ether oxygens (including phenoxy) is 1.